The van der Waals surface area contributed by atoms with Gasteiger partial charge in [0, 0.05) is 16.0 Å². The van der Waals surface area contributed by atoms with Crippen LogP contribution in [0.5, 0.6) is 0 Å². The van der Waals surface area contributed by atoms with E-state index in [0.717, 1.165) is 46.0 Å². The van der Waals surface area contributed by atoms with Crippen LogP contribution in [0.15, 0.2) is 52.4 Å². The van der Waals surface area contributed by atoms with Gasteiger partial charge < -0.3 is 10.8 Å². The first-order valence-electron chi connectivity index (χ1n) is 15.9. The summed E-state index contributed by atoms with van der Waals surface area (Å²) in [5, 5.41) is 21.6. The van der Waals surface area contributed by atoms with E-state index in [1.807, 2.05) is 36.4 Å². The molecule has 4 heterocycles. The van der Waals surface area contributed by atoms with Crippen LogP contribution in [0.4, 0.5) is 0 Å². The van der Waals surface area contributed by atoms with Gasteiger partial charge in [-0.15, -0.1) is 11.3 Å². The Balaban J connectivity index is 1.45. The van der Waals surface area contributed by atoms with Gasteiger partial charge in [0.2, 0.25) is 0 Å². The number of nitrogens with zero attached hydrogens (tertiary/aromatic N) is 7. The summed E-state index contributed by atoms with van der Waals surface area (Å²) < 4.78 is 0. The van der Waals surface area contributed by atoms with E-state index in [1.54, 1.807) is 23.5 Å². The standard InChI is InChI=1S/C37H35N7S/c1-3-5-7-9-11-26-19-29(12-10-8-6-4-2)45-34(26)37-43-35(32-20-27-17-24(22-38)13-15-30(27)40-32)42-36(44-37)33-21-28-18-25(23-39)14-16-31(28)41-33/h13-21H,3-12H2,1-2H3/q-2. The summed E-state index contributed by atoms with van der Waals surface area (Å²) in [6.07, 6.45) is 15.6. The number of rotatable bonds is 13. The highest BCUT2D eigenvalue weighted by atomic mass is 32.1. The summed E-state index contributed by atoms with van der Waals surface area (Å²) in [5.41, 5.74) is 4.30. The molecule has 2 aliphatic rings. The Hall–Kier alpha value is -4.61. The predicted octanol–water partition coefficient (Wildman–Crippen LogP) is 5.93. The summed E-state index contributed by atoms with van der Waals surface area (Å²) >= 11 is 1.80. The van der Waals surface area contributed by atoms with Crippen LogP contribution in [-0.4, -0.2) is 26.7 Å². The molecule has 0 fully saturated rings. The number of thiophene rings is 1. The van der Waals surface area contributed by atoms with Crippen molar-refractivity contribution in [2.45, 2.75) is 78.1 Å². The Bertz CT molecular complexity index is 2000. The molecule has 4 aromatic rings. The number of unbranched alkanes of at least 4 members (excludes halogenated alkanes) is 6. The SMILES string of the molecule is CCCCCCc1cc(CCCCCC)c(-c2nc(C3=Cc4cc(=C=[N-])ccc4=N3)nc(C3=Cc4cc(=C=[N-])ccc4=N3)n2)s1. The Morgan fingerprint density at radius 2 is 1.16 bits per heavy atom. The first-order chi connectivity index (χ1) is 22.1. The minimum absolute atomic E-state index is 0.476. The molecule has 2 aromatic heterocycles. The van der Waals surface area contributed by atoms with E-state index in [4.69, 9.17) is 24.9 Å². The van der Waals surface area contributed by atoms with E-state index < -0.39 is 0 Å². The van der Waals surface area contributed by atoms with Gasteiger partial charge >= 0.3 is 0 Å². The Morgan fingerprint density at radius 1 is 0.622 bits per heavy atom. The zero-order chi connectivity index (χ0) is 31.2. The Morgan fingerprint density at radius 3 is 1.69 bits per heavy atom. The summed E-state index contributed by atoms with van der Waals surface area (Å²) in [7, 11) is 0. The van der Waals surface area contributed by atoms with Crippen molar-refractivity contribution in [3.8, 4) is 10.7 Å². The van der Waals surface area contributed by atoms with Crippen LogP contribution in [-0.2, 0) is 12.8 Å². The first kappa shape index (κ1) is 30.4. The topological polar surface area (TPSA) is 108 Å². The zero-order valence-corrected chi connectivity index (χ0v) is 26.6. The van der Waals surface area contributed by atoms with Gasteiger partial charge in [-0.3, -0.25) is 11.7 Å². The normalized spacial score (nSPS) is 12.8. The van der Waals surface area contributed by atoms with Crippen LogP contribution in [0.1, 0.15) is 98.4 Å². The van der Waals surface area contributed by atoms with Crippen molar-refractivity contribution >= 4 is 46.6 Å². The monoisotopic (exact) mass is 609 g/mol. The van der Waals surface area contributed by atoms with Crippen molar-refractivity contribution in [3.05, 3.63) is 108 Å². The third kappa shape index (κ3) is 6.89. The molecule has 0 saturated carbocycles. The van der Waals surface area contributed by atoms with Crippen LogP contribution >= 0.6 is 11.3 Å². The van der Waals surface area contributed by atoms with Crippen molar-refractivity contribution in [1.29, 1.82) is 0 Å². The molecule has 2 aliphatic heterocycles. The average molecular weight is 610 g/mol. The largest absolute Gasteiger partial charge is 0.763 e. The minimum atomic E-state index is 0.476. The fourth-order valence-electron chi connectivity index (χ4n) is 5.69. The highest BCUT2D eigenvalue weighted by molar-refractivity contribution is 7.15. The van der Waals surface area contributed by atoms with Gasteiger partial charge in [0.15, 0.2) is 17.5 Å². The fraction of sp³-hybridized carbons (Fsp3) is 0.324. The lowest BCUT2D eigenvalue weighted by atomic mass is 10.1. The molecule has 45 heavy (non-hydrogen) atoms. The molecule has 0 aliphatic carbocycles. The zero-order valence-electron chi connectivity index (χ0n) is 25.8. The summed E-state index contributed by atoms with van der Waals surface area (Å²) in [6, 6.07) is 13.3. The first-order valence-corrected chi connectivity index (χ1v) is 16.7. The predicted molar refractivity (Wildman–Crippen MR) is 184 cm³/mol. The minimum Gasteiger partial charge on any atom is -0.763 e. The van der Waals surface area contributed by atoms with E-state index in [-0.39, 0.29) is 0 Å². The van der Waals surface area contributed by atoms with Gasteiger partial charge in [-0.25, -0.2) is 24.9 Å². The summed E-state index contributed by atoms with van der Waals surface area (Å²) in [6.45, 7) is 4.48. The fourth-order valence-corrected chi connectivity index (χ4v) is 6.87. The van der Waals surface area contributed by atoms with E-state index in [9.17, 15) is 10.8 Å². The van der Waals surface area contributed by atoms with Crippen molar-refractivity contribution in [2.75, 3.05) is 0 Å². The lowest BCUT2D eigenvalue weighted by molar-refractivity contribution is 0.665. The van der Waals surface area contributed by atoms with Crippen LogP contribution in [0.2, 0.25) is 0 Å². The molecule has 0 amide bonds. The van der Waals surface area contributed by atoms with Crippen molar-refractivity contribution in [1.82, 2.24) is 15.0 Å². The van der Waals surface area contributed by atoms with Crippen LogP contribution in [0, 0.1) is 0 Å². The van der Waals surface area contributed by atoms with Crippen LogP contribution in [0.3, 0.4) is 0 Å². The van der Waals surface area contributed by atoms with E-state index in [1.165, 1.54) is 55.4 Å². The molecule has 7 nitrogen and oxygen atoms in total. The van der Waals surface area contributed by atoms with Crippen molar-refractivity contribution in [2.24, 2.45) is 9.98 Å². The smallest absolute Gasteiger partial charge is 0.182 e. The van der Waals surface area contributed by atoms with Gasteiger partial charge in [-0.1, -0.05) is 52.4 Å². The number of hydrogen-bond donors (Lipinski definition) is 0. The lowest BCUT2D eigenvalue weighted by Crippen LogP contribution is -2.10. The second-order valence-corrected chi connectivity index (χ2v) is 12.7. The van der Waals surface area contributed by atoms with E-state index in [2.05, 4.69) is 31.7 Å². The highest BCUT2D eigenvalue weighted by Gasteiger charge is 2.22. The quantitative estimate of drug-likeness (QED) is 0.138. The van der Waals surface area contributed by atoms with E-state index >= 15 is 0 Å². The summed E-state index contributed by atoms with van der Waals surface area (Å²) in [4.78, 5) is 27.1. The van der Waals surface area contributed by atoms with Crippen molar-refractivity contribution in [3.63, 3.8) is 0 Å². The average Bonchev–Trinajstić information content (AvgIpc) is 3.81. The van der Waals surface area contributed by atoms with Crippen molar-refractivity contribution < 1.29 is 0 Å². The third-order valence-corrected chi connectivity index (χ3v) is 9.35. The number of benzene rings is 2. The van der Waals surface area contributed by atoms with E-state index in [0.29, 0.717) is 39.3 Å². The molecule has 0 atom stereocenters. The Kier molecular flexibility index (Phi) is 9.46. The molecule has 0 unspecified atom stereocenters. The van der Waals surface area contributed by atoms with Gasteiger partial charge in [-0.2, -0.15) is 0 Å². The van der Waals surface area contributed by atoms with Crippen LogP contribution in [0.25, 0.3) is 45.1 Å². The second-order valence-electron chi connectivity index (χ2n) is 11.5. The maximum atomic E-state index is 9.41. The summed E-state index contributed by atoms with van der Waals surface area (Å²) in [5.74, 6) is 6.01. The number of aryl methyl sites for hydroxylation is 2. The maximum absolute atomic E-state index is 9.41. The molecule has 0 N–H and O–H groups in total. The van der Waals surface area contributed by atoms with Crippen LogP contribution < -0.4 is 21.2 Å². The molecular weight excluding hydrogens is 575 g/mol. The molecule has 0 spiro atoms. The highest BCUT2D eigenvalue weighted by Crippen LogP contribution is 2.35. The number of fused-ring (bicyclic) bond motifs is 2. The molecule has 8 heteroatoms. The molecule has 0 saturated heterocycles. The van der Waals surface area contributed by atoms with Gasteiger partial charge in [0.1, 0.15) is 11.4 Å². The molecule has 0 radical (unpaired) electrons. The maximum Gasteiger partial charge on any atom is 0.182 e. The lowest BCUT2D eigenvalue weighted by Gasteiger charge is -2.08. The number of hydrogen-bond acceptors (Lipinski definition) is 6. The second kappa shape index (κ2) is 14.0. The Labute approximate surface area is 267 Å². The van der Waals surface area contributed by atoms with Gasteiger partial charge in [0.05, 0.1) is 15.6 Å². The molecule has 2 aromatic carbocycles. The third-order valence-electron chi connectivity index (χ3n) is 8.11. The molecule has 0 bridgehead atoms. The van der Waals surface area contributed by atoms with Gasteiger partial charge in [-0.05, 0) is 96.3 Å². The molecule has 226 valence electrons. The molecule has 6 rings (SSSR count). The van der Waals surface area contributed by atoms with Gasteiger partial charge in [0.25, 0.3) is 0 Å². The number of aromatic nitrogens is 3. The molecular formula is C37H35N7S-2.